The van der Waals surface area contributed by atoms with Crippen molar-refractivity contribution in [2.75, 3.05) is 14.2 Å². The van der Waals surface area contributed by atoms with Crippen molar-refractivity contribution in [2.24, 2.45) is 11.7 Å². The zero-order valence-corrected chi connectivity index (χ0v) is 11.5. The van der Waals surface area contributed by atoms with Crippen LogP contribution < -0.4 is 15.2 Å². The van der Waals surface area contributed by atoms with Crippen molar-refractivity contribution in [2.45, 2.75) is 31.7 Å². The lowest BCUT2D eigenvalue weighted by molar-refractivity contribution is 0.0878. The second-order valence-electron chi connectivity index (χ2n) is 5.01. The van der Waals surface area contributed by atoms with Gasteiger partial charge in [0.25, 0.3) is 0 Å². The fraction of sp³-hybridized carbons (Fsp3) is 0.533. The molecule has 0 unspecified atom stereocenters. The van der Waals surface area contributed by atoms with Crippen molar-refractivity contribution in [3.8, 4) is 11.5 Å². The first-order valence-corrected chi connectivity index (χ1v) is 6.68. The molecule has 2 N–H and O–H groups in total. The van der Waals surface area contributed by atoms with E-state index in [0.717, 1.165) is 25.7 Å². The summed E-state index contributed by atoms with van der Waals surface area (Å²) in [5.41, 5.74) is 6.45. The average molecular weight is 263 g/mol. The molecule has 104 valence electrons. The van der Waals surface area contributed by atoms with Crippen LogP contribution in [-0.2, 0) is 0 Å². The SMILES string of the molecule is COc1cccc(OC)c1C(=O)C1CCC(N)CC1. The van der Waals surface area contributed by atoms with Crippen LogP contribution in [0.5, 0.6) is 11.5 Å². The van der Waals surface area contributed by atoms with Crippen molar-refractivity contribution >= 4 is 5.78 Å². The van der Waals surface area contributed by atoms with E-state index in [1.54, 1.807) is 26.4 Å². The third-order valence-corrected chi connectivity index (χ3v) is 3.82. The number of ether oxygens (including phenoxy) is 2. The first-order chi connectivity index (χ1) is 9.17. The van der Waals surface area contributed by atoms with E-state index in [0.29, 0.717) is 17.1 Å². The molecule has 0 spiro atoms. The second kappa shape index (κ2) is 6.06. The van der Waals surface area contributed by atoms with Crippen LogP contribution in [0.3, 0.4) is 0 Å². The summed E-state index contributed by atoms with van der Waals surface area (Å²) in [6, 6.07) is 5.66. The smallest absolute Gasteiger partial charge is 0.173 e. The van der Waals surface area contributed by atoms with Crippen molar-refractivity contribution in [3.63, 3.8) is 0 Å². The van der Waals surface area contributed by atoms with E-state index in [-0.39, 0.29) is 17.7 Å². The Morgan fingerprint density at radius 3 is 2.11 bits per heavy atom. The van der Waals surface area contributed by atoms with Gasteiger partial charge in [-0.15, -0.1) is 0 Å². The Balaban J connectivity index is 2.27. The number of carbonyl (C=O) groups excluding carboxylic acids is 1. The molecule has 1 fully saturated rings. The van der Waals surface area contributed by atoms with Crippen LogP contribution in [0, 0.1) is 5.92 Å². The quantitative estimate of drug-likeness (QED) is 0.847. The van der Waals surface area contributed by atoms with Gasteiger partial charge in [0.1, 0.15) is 17.1 Å². The van der Waals surface area contributed by atoms with Crippen LogP contribution in [0.2, 0.25) is 0 Å². The maximum atomic E-state index is 12.7. The van der Waals surface area contributed by atoms with Gasteiger partial charge < -0.3 is 15.2 Å². The Labute approximate surface area is 113 Å². The largest absolute Gasteiger partial charge is 0.496 e. The number of hydrogen-bond donors (Lipinski definition) is 1. The summed E-state index contributed by atoms with van der Waals surface area (Å²) in [4.78, 5) is 12.7. The highest BCUT2D eigenvalue weighted by atomic mass is 16.5. The highest BCUT2D eigenvalue weighted by Crippen LogP contribution is 2.34. The molecule has 1 saturated carbocycles. The molecule has 0 heterocycles. The fourth-order valence-electron chi connectivity index (χ4n) is 2.68. The van der Waals surface area contributed by atoms with E-state index in [4.69, 9.17) is 15.2 Å². The van der Waals surface area contributed by atoms with Crippen molar-refractivity contribution in [1.82, 2.24) is 0 Å². The third kappa shape index (κ3) is 2.89. The fourth-order valence-corrected chi connectivity index (χ4v) is 2.68. The molecule has 2 rings (SSSR count). The molecule has 0 saturated heterocycles. The first-order valence-electron chi connectivity index (χ1n) is 6.68. The Morgan fingerprint density at radius 1 is 1.11 bits per heavy atom. The van der Waals surface area contributed by atoms with Gasteiger partial charge in [-0.25, -0.2) is 0 Å². The lowest BCUT2D eigenvalue weighted by Crippen LogP contribution is -2.30. The molecule has 19 heavy (non-hydrogen) atoms. The molecule has 0 aliphatic heterocycles. The highest BCUT2D eigenvalue weighted by molar-refractivity contribution is 6.02. The van der Waals surface area contributed by atoms with Crippen LogP contribution in [0.4, 0.5) is 0 Å². The van der Waals surface area contributed by atoms with Gasteiger partial charge >= 0.3 is 0 Å². The number of benzene rings is 1. The molecule has 0 amide bonds. The van der Waals surface area contributed by atoms with Crippen LogP contribution in [-0.4, -0.2) is 26.0 Å². The van der Waals surface area contributed by atoms with Gasteiger partial charge in [0.15, 0.2) is 5.78 Å². The Morgan fingerprint density at radius 2 is 1.63 bits per heavy atom. The van der Waals surface area contributed by atoms with Crippen LogP contribution in [0.15, 0.2) is 18.2 Å². The Hall–Kier alpha value is -1.55. The summed E-state index contributed by atoms with van der Waals surface area (Å²) in [6.45, 7) is 0. The Bertz CT molecular complexity index is 428. The standard InChI is InChI=1S/C15H21NO3/c1-18-12-4-3-5-13(19-2)14(12)15(17)10-6-8-11(16)9-7-10/h3-5,10-11H,6-9,16H2,1-2H3. The molecule has 0 radical (unpaired) electrons. The van der Waals surface area contributed by atoms with Gasteiger partial charge in [-0.1, -0.05) is 6.07 Å². The molecule has 1 aliphatic rings. The number of Topliss-reactive ketones (excluding diaryl/α,β-unsaturated/α-hetero) is 1. The summed E-state index contributed by atoms with van der Waals surface area (Å²) in [7, 11) is 3.14. The van der Waals surface area contributed by atoms with Gasteiger partial charge in [-0.05, 0) is 37.8 Å². The molecular weight excluding hydrogens is 242 g/mol. The molecule has 0 bridgehead atoms. The molecule has 0 atom stereocenters. The molecule has 4 heteroatoms. The highest BCUT2D eigenvalue weighted by Gasteiger charge is 2.29. The topological polar surface area (TPSA) is 61.5 Å². The number of carbonyl (C=O) groups is 1. The van der Waals surface area contributed by atoms with E-state index in [2.05, 4.69) is 0 Å². The van der Waals surface area contributed by atoms with Crippen LogP contribution in [0.25, 0.3) is 0 Å². The van der Waals surface area contributed by atoms with Gasteiger partial charge in [0.2, 0.25) is 0 Å². The minimum absolute atomic E-state index is 0.0324. The second-order valence-corrected chi connectivity index (χ2v) is 5.01. The van der Waals surface area contributed by atoms with Crippen molar-refractivity contribution in [1.29, 1.82) is 0 Å². The minimum atomic E-state index is 0.0324. The lowest BCUT2D eigenvalue weighted by atomic mass is 9.81. The number of nitrogens with two attached hydrogens (primary N) is 1. The predicted octanol–water partition coefficient (Wildman–Crippen LogP) is 2.40. The number of hydrogen-bond acceptors (Lipinski definition) is 4. The molecular formula is C15H21NO3. The van der Waals surface area contributed by atoms with Gasteiger partial charge in [-0.3, -0.25) is 4.79 Å². The predicted molar refractivity (Wildman–Crippen MR) is 73.8 cm³/mol. The Kier molecular flexibility index (Phi) is 4.43. The normalized spacial score (nSPS) is 22.9. The van der Waals surface area contributed by atoms with Gasteiger partial charge in [-0.2, -0.15) is 0 Å². The summed E-state index contributed by atoms with van der Waals surface area (Å²) >= 11 is 0. The average Bonchev–Trinajstić information content (AvgIpc) is 2.46. The molecule has 1 aliphatic carbocycles. The molecule has 0 aromatic heterocycles. The van der Waals surface area contributed by atoms with Crippen molar-refractivity contribution in [3.05, 3.63) is 23.8 Å². The van der Waals surface area contributed by atoms with E-state index in [1.807, 2.05) is 6.07 Å². The summed E-state index contributed by atoms with van der Waals surface area (Å²) < 4.78 is 10.6. The number of ketones is 1. The lowest BCUT2D eigenvalue weighted by Gasteiger charge is -2.26. The maximum Gasteiger partial charge on any atom is 0.173 e. The van der Waals surface area contributed by atoms with E-state index in [9.17, 15) is 4.79 Å². The van der Waals surface area contributed by atoms with Crippen LogP contribution >= 0.6 is 0 Å². The van der Waals surface area contributed by atoms with E-state index >= 15 is 0 Å². The van der Waals surface area contributed by atoms with E-state index in [1.165, 1.54) is 0 Å². The molecule has 1 aromatic carbocycles. The van der Waals surface area contributed by atoms with Crippen LogP contribution in [0.1, 0.15) is 36.0 Å². The summed E-state index contributed by atoms with van der Waals surface area (Å²) in [6.07, 6.45) is 3.52. The minimum Gasteiger partial charge on any atom is -0.496 e. The molecule has 1 aromatic rings. The third-order valence-electron chi connectivity index (χ3n) is 3.82. The summed E-state index contributed by atoms with van der Waals surface area (Å²) in [5.74, 6) is 1.31. The number of methoxy groups -OCH3 is 2. The zero-order chi connectivity index (χ0) is 13.8. The van der Waals surface area contributed by atoms with Crippen molar-refractivity contribution < 1.29 is 14.3 Å². The maximum absolute atomic E-state index is 12.7. The number of rotatable bonds is 4. The summed E-state index contributed by atoms with van der Waals surface area (Å²) in [5, 5.41) is 0. The van der Waals surface area contributed by atoms with Gasteiger partial charge in [0.05, 0.1) is 14.2 Å². The van der Waals surface area contributed by atoms with Gasteiger partial charge in [0, 0.05) is 12.0 Å². The molecule has 4 nitrogen and oxygen atoms in total. The van der Waals surface area contributed by atoms with E-state index < -0.39 is 0 Å². The monoisotopic (exact) mass is 263 g/mol. The first kappa shape index (κ1) is 13.9. The zero-order valence-electron chi connectivity index (χ0n) is 11.5.